The zero-order valence-electron chi connectivity index (χ0n) is 9.11. The van der Waals surface area contributed by atoms with Crippen LogP contribution in [0.15, 0.2) is 42.7 Å². The molecule has 0 bridgehead atoms. The average molecular weight is 225 g/mol. The zero-order valence-corrected chi connectivity index (χ0v) is 9.11. The predicted octanol–water partition coefficient (Wildman–Crippen LogP) is 1.46. The summed E-state index contributed by atoms with van der Waals surface area (Å²) in [5, 5.41) is 8.84. The summed E-state index contributed by atoms with van der Waals surface area (Å²) >= 11 is 0. The number of anilines is 1. The first-order chi connectivity index (χ1) is 8.33. The van der Waals surface area contributed by atoms with Crippen LogP contribution in [0.1, 0.15) is 5.56 Å². The molecule has 2 heterocycles. The fraction of sp³-hybridized carbons (Fsp3) is 0.0833. The third-order valence-corrected chi connectivity index (χ3v) is 2.63. The molecule has 2 N–H and O–H groups in total. The van der Waals surface area contributed by atoms with Crippen molar-refractivity contribution in [3.8, 4) is 0 Å². The molecule has 2 aromatic heterocycles. The normalized spacial score (nSPS) is 10.8. The van der Waals surface area contributed by atoms with E-state index in [0.29, 0.717) is 12.4 Å². The van der Waals surface area contributed by atoms with Gasteiger partial charge in [-0.25, -0.2) is 4.68 Å². The van der Waals surface area contributed by atoms with E-state index in [-0.39, 0.29) is 0 Å². The van der Waals surface area contributed by atoms with Gasteiger partial charge in [0.2, 0.25) is 0 Å². The van der Waals surface area contributed by atoms with E-state index >= 15 is 0 Å². The molecule has 0 unspecified atom stereocenters. The Morgan fingerprint density at radius 1 is 1.18 bits per heavy atom. The lowest BCUT2D eigenvalue weighted by Crippen LogP contribution is -2.01. The van der Waals surface area contributed by atoms with Crippen LogP contribution in [-0.4, -0.2) is 20.0 Å². The van der Waals surface area contributed by atoms with Gasteiger partial charge < -0.3 is 5.73 Å². The summed E-state index contributed by atoms with van der Waals surface area (Å²) in [4.78, 5) is 4.32. The third kappa shape index (κ3) is 1.82. The molecule has 0 atom stereocenters. The Bertz CT molecular complexity index is 653. The highest BCUT2D eigenvalue weighted by Gasteiger charge is 2.03. The highest BCUT2D eigenvalue weighted by Crippen LogP contribution is 2.16. The van der Waals surface area contributed by atoms with E-state index in [1.54, 1.807) is 17.1 Å². The molecule has 0 saturated carbocycles. The van der Waals surface area contributed by atoms with Crippen LogP contribution in [0.2, 0.25) is 0 Å². The molecular formula is C12H11N5. The van der Waals surface area contributed by atoms with E-state index < -0.39 is 0 Å². The van der Waals surface area contributed by atoms with Gasteiger partial charge in [0.1, 0.15) is 0 Å². The summed E-state index contributed by atoms with van der Waals surface area (Å²) in [5.74, 6) is 0.434. The minimum Gasteiger partial charge on any atom is -0.381 e. The first-order valence-electron chi connectivity index (χ1n) is 5.31. The van der Waals surface area contributed by atoms with E-state index in [2.05, 4.69) is 21.4 Å². The summed E-state index contributed by atoms with van der Waals surface area (Å²) in [7, 11) is 0. The molecule has 0 aliphatic carbocycles. The van der Waals surface area contributed by atoms with Gasteiger partial charge >= 0.3 is 0 Å². The maximum absolute atomic E-state index is 5.54. The number of fused-ring (bicyclic) bond motifs is 1. The summed E-state index contributed by atoms with van der Waals surface area (Å²) in [6, 6.07) is 10.0. The van der Waals surface area contributed by atoms with Crippen LogP contribution in [0, 0.1) is 0 Å². The summed E-state index contributed by atoms with van der Waals surface area (Å²) < 4.78 is 1.72. The van der Waals surface area contributed by atoms with Gasteiger partial charge in [0.15, 0.2) is 5.82 Å². The van der Waals surface area contributed by atoms with Crippen molar-refractivity contribution in [1.82, 2.24) is 20.0 Å². The quantitative estimate of drug-likeness (QED) is 0.716. The van der Waals surface area contributed by atoms with Crippen molar-refractivity contribution in [2.24, 2.45) is 0 Å². The Hall–Kier alpha value is -2.43. The summed E-state index contributed by atoms with van der Waals surface area (Å²) in [5.41, 5.74) is 7.68. The number of nitrogens with two attached hydrogens (primary N) is 1. The minimum absolute atomic E-state index is 0.434. The molecule has 0 fully saturated rings. The fourth-order valence-electron chi connectivity index (χ4n) is 1.86. The van der Waals surface area contributed by atoms with Gasteiger partial charge in [-0.1, -0.05) is 23.4 Å². The molecule has 5 heteroatoms. The first-order valence-corrected chi connectivity index (χ1v) is 5.31. The van der Waals surface area contributed by atoms with Crippen molar-refractivity contribution in [3.05, 3.63) is 48.3 Å². The van der Waals surface area contributed by atoms with Gasteiger partial charge in [-0.15, -0.1) is 5.10 Å². The molecule has 0 aliphatic heterocycles. The smallest absolute Gasteiger partial charge is 0.165 e. The molecule has 0 radical (unpaired) electrons. The average Bonchev–Trinajstić information content (AvgIpc) is 2.75. The number of nitrogen functional groups attached to an aromatic ring is 1. The lowest BCUT2D eigenvalue weighted by Gasteiger charge is -2.05. The molecule has 0 amide bonds. The van der Waals surface area contributed by atoms with Crippen LogP contribution in [-0.2, 0) is 6.54 Å². The third-order valence-electron chi connectivity index (χ3n) is 2.63. The molecule has 0 spiro atoms. The Labute approximate surface area is 97.9 Å². The van der Waals surface area contributed by atoms with Crippen molar-refractivity contribution in [2.45, 2.75) is 6.54 Å². The Morgan fingerprint density at radius 3 is 2.88 bits per heavy atom. The number of rotatable bonds is 2. The van der Waals surface area contributed by atoms with Crippen LogP contribution >= 0.6 is 0 Å². The van der Waals surface area contributed by atoms with E-state index in [0.717, 1.165) is 16.5 Å². The fourth-order valence-corrected chi connectivity index (χ4v) is 1.86. The second kappa shape index (κ2) is 3.86. The predicted molar refractivity (Wildman–Crippen MR) is 65.3 cm³/mol. The van der Waals surface area contributed by atoms with E-state index in [9.17, 15) is 0 Å². The number of hydrogen-bond donors (Lipinski definition) is 1. The number of hydrogen-bond acceptors (Lipinski definition) is 4. The molecule has 5 nitrogen and oxygen atoms in total. The molecule has 17 heavy (non-hydrogen) atoms. The van der Waals surface area contributed by atoms with E-state index in [4.69, 9.17) is 5.73 Å². The van der Waals surface area contributed by atoms with Crippen molar-refractivity contribution >= 4 is 16.7 Å². The molecule has 1 aromatic carbocycles. The molecule has 3 aromatic rings. The van der Waals surface area contributed by atoms with Crippen molar-refractivity contribution in [1.29, 1.82) is 0 Å². The second-order valence-corrected chi connectivity index (χ2v) is 3.83. The molecule has 0 saturated heterocycles. The van der Waals surface area contributed by atoms with Crippen LogP contribution in [0.25, 0.3) is 10.9 Å². The van der Waals surface area contributed by atoms with E-state index in [1.165, 1.54) is 0 Å². The maximum Gasteiger partial charge on any atom is 0.165 e. The van der Waals surface area contributed by atoms with Crippen molar-refractivity contribution in [2.75, 3.05) is 5.73 Å². The number of pyridine rings is 1. The number of benzene rings is 1. The van der Waals surface area contributed by atoms with Gasteiger partial charge in [0.05, 0.1) is 18.3 Å². The highest BCUT2D eigenvalue weighted by molar-refractivity contribution is 5.81. The highest BCUT2D eigenvalue weighted by atomic mass is 15.4. The van der Waals surface area contributed by atoms with Gasteiger partial charge in [-0.2, -0.15) is 0 Å². The number of aromatic nitrogens is 4. The van der Waals surface area contributed by atoms with Crippen LogP contribution < -0.4 is 5.73 Å². The summed E-state index contributed by atoms with van der Waals surface area (Å²) in [6.45, 7) is 0.646. The number of nitrogens with zero attached hydrogens (tertiary/aromatic N) is 4. The van der Waals surface area contributed by atoms with E-state index in [1.807, 2.05) is 24.3 Å². The first kappa shape index (κ1) is 9.77. The minimum atomic E-state index is 0.434. The van der Waals surface area contributed by atoms with Crippen molar-refractivity contribution < 1.29 is 0 Å². The van der Waals surface area contributed by atoms with Gasteiger partial charge in [-0.3, -0.25) is 4.98 Å². The second-order valence-electron chi connectivity index (χ2n) is 3.83. The topological polar surface area (TPSA) is 69.6 Å². The molecule has 84 valence electrons. The Kier molecular flexibility index (Phi) is 2.22. The maximum atomic E-state index is 5.54. The molecular weight excluding hydrogens is 214 g/mol. The standard InChI is InChI=1S/C12H11N5/c13-12-8-17(16-15-12)7-9-5-6-14-11-4-2-1-3-10(9)11/h1-6,8H,7,13H2. The lowest BCUT2D eigenvalue weighted by atomic mass is 10.1. The van der Waals surface area contributed by atoms with Crippen LogP contribution in [0.3, 0.4) is 0 Å². The van der Waals surface area contributed by atoms with Gasteiger partial charge in [0.25, 0.3) is 0 Å². The van der Waals surface area contributed by atoms with Gasteiger partial charge in [-0.05, 0) is 17.7 Å². The number of para-hydroxylation sites is 1. The molecule has 0 aliphatic rings. The SMILES string of the molecule is Nc1cn(Cc2ccnc3ccccc23)nn1. The monoisotopic (exact) mass is 225 g/mol. The van der Waals surface area contributed by atoms with Crippen molar-refractivity contribution in [3.63, 3.8) is 0 Å². The van der Waals surface area contributed by atoms with Gasteiger partial charge in [0, 0.05) is 11.6 Å². The molecule has 3 rings (SSSR count). The Morgan fingerprint density at radius 2 is 2.06 bits per heavy atom. The zero-order chi connectivity index (χ0) is 11.7. The Balaban J connectivity index is 2.05. The largest absolute Gasteiger partial charge is 0.381 e. The lowest BCUT2D eigenvalue weighted by molar-refractivity contribution is 0.652. The van der Waals surface area contributed by atoms with Crippen LogP contribution in [0.4, 0.5) is 5.82 Å². The van der Waals surface area contributed by atoms with Crippen LogP contribution in [0.5, 0.6) is 0 Å². The summed E-state index contributed by atoms with van der Waals surface area (Å²) in [6.07, 6.45) is 3.52.